The molecular weight excluding hydrogens is 382 g/mol. The molecule has 2 aliphatic rings. The zero-order chi connectivity index (χ0) is 21.3. The number of aliphatic hydroxyl groups excluding tert-OH is 2. The fraction of sp³-hybridized carbons (Fsp3) is 0.348. The summed E-state index contributed by atoms with van der Waals surface area (Å²) < 4.78 is 0. The van der Waals surface area contributed by atoms with Crippen LogP contribution in [0.15, 0.2) is 53.6 Å². The molecular formula is C23H25N3O4. The Morgan fingerprint density at radius 1 is 1.10 bits per heavy atom. The Hall–Kier alpha value is -3.03. The number of hydrogen-bond acceptors (Lipinski definition) is 5. The quantitative estimate of drug-likeness (QED) is 0.783. The summed E-state index contributed by atoms with van der Waals surface area (Å²) in [7, 11) is 0. The smallest absolute Gasteiger partial charge is 0.254 e. The summed E-state index contributed by atoms with van der Waals surface area (Å²) in [5.74, 6) is -0.819. The molecule has 2 atom stereocenters. The topological polar surface area (TPSA) is 93.4 Å². The first-order chi connectivity index (χ1) is 14.4. The van der Waals surface area contributed by atoms with Crippen molar-refractivity contribution < 1.29 is 19.8 Å². The average molecular weight is 407 g/mol. The average Bonchev–Trinajstić information content (AvgIpc) is 3.13. The van der Waals surface area contributed by atoms with E-state index in [1.54, 1.807) is 0 Å². The highest BCUT2D eigenvalue weighted by atomic mass is 16.3. The number of aryl methyl sites for hydroxylation is 1. The lowest BCUT2D eigenvalue weighted by atomic mass is 9.98. The first kappa shape index (κ1) is 20.3. The molecule has 156 valence electrons. The number of fused-ring (bicyclic) bond motifs is 1. The summed E-state index contributed by atoms with van der Waals surface area (Å²) >= 11 is 0. The summed E-state index contributed by atoms with van der Waals surface area (Å²) in [6.07, 6.45) is -2.57. The molecule has 0 aromatic heterocycles. The molecule has 0 radical (unpaired) electrons. The number of aliphatic hydroxyl groups is 2. The summed E-state index contributed by atoms with van der Waals surface area (Å²) in [6, 6.07) is 15.6. The van der Waals surface area contributed by atoms with Crippen LogP contribution in [0.2, 0.25) is 0 Å². The fourth-order valence-corrected chi connectivity index (χ4v) is 3.83. The van der Waals surface area contributed by atoms with E-state index in [1.165, 1.54) is 15.5 Å². The molecule has 0 aliphatic carbocycles. The third-order valence-corrected chi connectivity index (χ3v) is 5.66. The van der Waals surface area contributed by atoms with E-state index in [9.17, 15) is 19.8 Å². The summed E-state index contributed by atoms with van der Waals surface area (Å²) in [6.45, 7) is 3.13. The van der Waals surface area contributed by atoms with Crippen LogP contribution in [-0.4, -0.2) is 56.4 Å². The Morgan fingerprint density at radius 2 is 1.80 bits per heavy atom. The van der Waals surface area contributed by atoms with Crippen molar-refractivity contribution in [3.63, 3.8) is 0 Å². The lowest BCUT2D eigenvalue weighted by Crippen LogP contribution is -2.48. The zero-order valence-electron chi connectivity index (χ0n) is 16.9. The van der Waals surface area contributed by atoms with Crippen LogP contribution < -0.4 is 0 Å². The third kappa shape index (κ3) is 4.13. The highest BCUT2D eigenvalue weighted by Gasteiger charge is 2.37. The number of hydrazone groups is 1. The predicted molar refractivity (Wildman–Crippen MR) is 111 cm³/mol. The molecule has 2 aromatic rings. The monoisotopic (exact) mass is 407 g/mol. The van der Waals surface area contributed by atoms with Crippen LogP contribution in [-0.2, 0) is 29.1 Å². The van der Waals surface area contributed by atoms with E-state index in [-0.39, 0.29) is 24.6 Å². The second-order valence-electron chi connectivity index (χ2n) is 7.87. The highest BCUT2D eigenvalue weighted by molar-refractivity contribution is 6.08. The van der Waals surface area contributed by atoms with Crippen LogP contribution in [0.4, 0.5) is 0 Å². The van der Waals surface area contributed by atoms with Crippen molar-refractivity contribution in [2.75, 3.05) is 6.54 Å². The van der Waals surface area contributed by atoms with Gasteiger partial charge in [0.15, 0.2) is 6.10 Å². The highest BCUT2D eigenvalue weighted by Crippen LogP contribution is 2.21. The lowest BCUT2D eigenvalue weighted by Gasteiger charge is -2.31. The maximum atomic E-state index is 12.8. The molecule has 4 rings (SSSR count). The first-order valence-electron chi connectivity index (χ1n) is 10.1. The van der Waals surface area contributed by atoms with Crippen LogP contribution in [0.5, 0.6) is 0 Å². The number of hydrogen-bond donors (Lipinski definition) is 2. The summed E-state index contributed by atoms with van der Waals surface area (Å²) in [4.78, 5) is 26.6. The largest absolute Gasteiger partial charge is 0.384 e. The van der Waals surface area contributed by atoms with E-state index in [0.29, 0.717) is 19.5 Å². The maximum absolute atomic E-state index is 12.8. The number of benzene rings is 2. The first-order valence-corrected chi connectivity index (χ1v) is 10.1. The minimum Gasteiger partial charge on any atom is -0.384 e. The Balaban J connectivity index is 1.42. The SMILES string of the molecule is Cc1ccc(CN2N=C(C(O)C(O)C(=O)N3CCc4ccccc4C3)CC2=O)cc1. The van der Waals surface area contributed by atoms with Gasteiger partial charge in [-0.1, -0.05) is 54.1 Å². The van der Waals surface area contributed by atoms with Crippen molar-refractivity contribution in [3.8, 4) is 0 Å². The van der Waals surface area contributed by atoms with Crippen molar-refractivity contribution in [3.05, 3.63) is 70.8 Å². The van der Waals surface area contributed by atoms with Crippen molar-refractivity contribution in [1.29, 1.82) is 0 Å². The van der Waals surface area contributed by atoms with Crippen LogP contribution in [0.3, 0.4) is 0 Å². The molecule has 0 bridgehead atoms. The Labute approximate surface area is 175 Å². The van der Waals surface area contributed by atoms with Gasteiger partial charge in [-0.05, 0) is 30.0 Å². The van der Waals surface area contributed by atoms with E-state index in [1.807, 2.05) is 55.5 Å². The standard InChI is InChI=1S/C23H25N3O4/c1-15-6-8-16(9-7-15)13-26-20(27)12-19(24-26)21(28)22(29)23(30)25-11-10-17-4-2-3-5-18(17)14-25/h2-9,21-22,28-29H,10-14H2,1H3. The van der Waals surface area contributed by atoms with E-state index >= 15 is 0 Å². The Bertz CT molecular complexity index is 986. The van der Waals surface area contributed by atoms with Gasteiger partial charge in [-0.3, -0.25) is 9.59 Å². The molecule has 0 spiro atoms. The van der Waals surface area contributed by atoms with E-state index in [2.05, 4.69) is 5.10 Å². The number of amides is 2. The van der Waals surface area contributed by atoms with Gasteiger partial charge in [0, 0.05) is 13.1 Å². The minimum absolute atomic E-state index is 0.111. The molecule has 2 N–H and O–H groups in total. The van der Waals surface area contributed by atoms with Gasteiger partial charge in [-0.15, -0.1) is 0 Å². The molecule has 7 nitrogen and oxygen atoms in total. The van der Waals surface area contributed by atoms with Crippen LogP contribution in [0.1, 0.15) is 28.7 Å². The van der Waals surface area contributed by atoms with Crippen molar-refractivity contribution in [2.24, 2.45) is 5.10 Å². The number of carbonyl (C=O) groups excluding carboxylic acids is 2. The normalized spacial score (nSPS) is 18.1. The van der Waals surface area contributed by atoms with Crippen molar-refractivity contribution in [1.82, 2.24) is 9.91 Å². The molecule has 0 fully saturated rings. The van der Waals surface area contributed by atoms with Crippen molar-refractivity contribution >= 4 is 17.5 Å². The van der Waals surface area contributed by atoms with E-state index in [0.717, 1.165) is 16.7 Å². The van der Waals surface area contributed by atoms with Crippen molar-refractivity contribution in [2.45, 2.75) is 45.1 Å². The van der Waals surface area contributed by atoms with Gasteiger partial charge >= 0.3 is 0 Å². The second-order valence-corrected chi connectivity index (χ2v) is 7.87. The molecule has 30 heavy (non-hydrogen) atoms. The van der Waals surface area contributed by atoms with Gasteiger partial charge in [0.1, 0.15) is 6.10 Å². The Morgan fingerprint density at radius 3 is 2.53 bits per heavy atom. The van der Waals surface area contributed by atoms with Crippen LogP contribution >= 0.6 is 0 Å². The number of carbonyl (C=O) groups is 2. The molecule has 2 aliphatic heterocycles. The van der Waals surface area contributed by atoms with Gasteiger partial charge in [-0.2, -0.15) is 5.10 Å². The molecule has 0 saturated heterocycles. The van der Waals surface area contributed by atoms with Gasteiger partial charge in [-0.25, -0.2) is 5.01 Å². The molecule has 0 saturated carbocycles. The van der Waals surface area contributed by atoms with Gasteiger partial charge in [0.2, 0.25) is 5.91 Å². The van der Waals surface area contributed by atoms with Gasteiger partial charge in [0.25, 0.3) is 5.91 Å². The van der Waals surface area contributed by atoms with Gasteiger partial charge < -0.3 is 15.1 Å². The maximum Gasteiger partial charge on any atom is 0.254 e. The molecule has 2 unspecified atom stereocenters. The third-order valence-electron chi connectivity index (χ3n) is 5.66. The summed E-state index contributed by atoms with van der Waals surface area (Å²) in [5.41, 5.74) is 4.38. The van der Waals surface area contributed by atoms with Gasteiger partial charge in [0.05, 0.1) is 18.7 Å². The fourth-order valence-electron chi connectivity index (χ4n) is 3.83. The molecule has 7 heteroatoms. The minimum atomic E-state index is -1.65. The number of rotatable bonds is 5. The van der Waals surface area contributed by atoms with Crippen LogP contribution in [0, 0.1) is 6.92 Å². The van der Waals surface area contributed by atoms with E-state index in [4.69, 9.17) is 0 Å². The molecule has 2 amide bonds. The predicted octanol–water partition coefficient (Wildman–Crippen LogP) is 1.39. The zero-order valence-corrected chi connectivity index (χ0v) is 16.9. The summed E-state index contributed by atoms with van der Waals surface area (Å²) in [5, 5.41) is 26.5. The number of nitrogens with zero attached hydrogens (tertiary/aromatic N) is 3. The lowest BCUT2D eigenvalue weighted by molar-refractivity contribution is -0.144. The van der Waals surface area contributed by atoms with Crippen LogP contribution in [0.25, 0.3) is 0 Å². The Kier molecular flexibility index (Phi) is 5.65. The molecule has 2 heterocycles. The second kappa shape index (κ2) is 8.38. The van der Waals surface area contributed by atoms with E-state index < -0.39 is 18.1 Å². The molecule has 2 aromatic carbocycles.